The van der Waals surface area contributed by atoms with E-state index in [1.807, 2.05) is 32.9 Å². The van der Waals surface area contributed by atoms with E-state index in [4.69, 9.17) is 0 Å². The number of Topliss-reactive ketones (excluding diaryl/α,β-unsaturated/α-hetero) is 1. The SMILES string of the molecule is CCNC(CC(=O)OC)C(=O)c1ccc(C)c(C)c1. The predicted molar refractivity (Wildman–Crippen MR) is 74.3 cm³/mol. The lowest BCUT2D eigenvalue weighted by Crippen LogP contribution is -2.38. The fourth-order valence-corrected chi connectivity index (χ4v) is 1.85. The van der Waals surface area contributed by atoms with Gasteiger partial charge in [0, 0.05) is 5.56 Å². The minimum Gasteiger partial charge on any atom is -0.469 e. The van der Waals surface area contributed by atoms with Gasteiger partial charge in [-0.3, -0.25) is 9.59 Å². The third-order valence-corrected chi connectivity index (χ3v) is 3.16. The molecule has 4 heteroatoms. The Morgan fingerprint density at radius 3 is 2.47 bits per heavy atom. The monoisotopic (exact) mass is 263 g/mol. The molecule has 0 amide bonds. The van der Waals surface area contributed by atoms with Gasteiger partial charge in [-0.05, 0) is 37.6 Å². The summed E-state index contributed by atoms with van der Waals surface area (Å²) >= 11 is 0. The minimum absolute atomic E-state index is 0.0517. The summed E-state index contributed by atoms with van der Waals surface area (Å²) in [6.45, 7) is 6.49. The first-order valence-corrected chi connectivity index (χ1v) is 6.41. The van der Waals surface area contributed by atoms with Crippen molar-refractivity contribution in [2.45, 2.75) is 33.2 Å². The highest BCUT2D eigenvalue weighted by Gasteiger charge is 2.22. The van der Waals surface area contributed by atoms with Crippen LogP contribution < -0.4 is 5.32 Å². The van der Waals surface area contributed by atoms with Gasteiger partial charge >= 0.3 is 5.97 Å². The van der Waals surface area contributed by atoms with Gasteiger partial charge in [0.1, 0.15) is 0 Å². The molecule has 0 aliphatic rings. The molecule has 0 bridgehead atoms. The number of aryl methyl sites for hydroxylation is 2. The van der Waals surface area contributed by atoms with Crippen molar-refractivity contribution in [2.75, 3.05) is 13.7 Å². The van der Waals surface area contributed by atoms with E-state index in [2.05, 4.69) is 10.1 Å². The van der Waals surface area contributed by atoms with Crippen molar-refractivity contribution in [2.24, 2.45) is 0 Å². The van der Waals surface area contributed by atoms with Gasteiger partial charge in [0.25, 0.3) is 0 Å². The largest absolute Gasteiger partial charge is 0.469 e. The van der Waals surface area contributed by atoms with Crippen molar-refractivity contribution < 1.29 is 14.3 Å². The summed E-state index contributed by atoms with van der Waals surface area (Å²) in [6.07, 6.45) is 0.0517. The second kappa shape index (κ2) is 7.04. The standard InChI is InChI=1S/C15H21NO3/c1-5-16-13(9-14(17)19-4)15(18)12-7-6-10(2)11(3)8-12/h6-8,13,16H,5,9H2,1-4H3. The second-order valence-corrected chi connectivity index (χ2v) is 4.55. The maximum atomic E-state index is 12.4. The molecule has 1 N–H and O–H groups in total. The number of carbonyl (C=O) groups is 2. The molecule has 0 aliphatic carbocycles. The Morgan fingerprint density at radius 1 is 1.26 bits per heavy atom. The maximum Gasteiger partial charge on any atom is 0.307 e. The Bertz CT molecular complexity index is 468. The molecule has 0 fully saturated rings. The highest BCUT2D eigenvalue weighted by molar-refractivity contribution is 6.02. The Kier molecular flexibility index (Phi) is 5.70. The lowest BCUT2D eigenvalue weighted by molar-refractivity contribution is -0.140. The summed E-state index contributed by atoms with van der Waals surface area (Å²) in [6, 6.07) is 5.05. The molecule has 0 radical (unpaired) electrons. The smallest absolute Gasteiger partial charge is 0.307 e. The third kappa shape index (κ3) is 4.17. The zero-order valence-electron chi connectivity index (χ0n) is 11.9. The van der Waals surface area contributed by atoms with Crippen LogP contribution in [0.4, 0.5) is 0 Å². The van der Waals surface area contributed by atoms with E-state index in [1.165, 1.54) is 7.11 Å². The molecule has 104 valence electrons. The number of esters is 1. The third-order valence-electron chi connectivity index (χ3n) is 3.16. The van der Waals surface area contributed by atoms with Crippen molar-refractivity contribution in [3.63, 3.8) is 0 Å². The lowest BCUT2D eigenvalue weighted by atomic mass is 9.98. The van der Waals surface area contributed by atoms with E-state index >= 15 is 0 Å². The number of ketones is 1. The molecule has 0 aliphatic heterocycles. The number of nitrogens with one attached hydrogen (secondary N) is 1. The first-order valence-electron chi connectivity index (χ1n) is 6.41. The molecule has 0 saturated heterocycles. The quantitative estimate of drug-likeness (QED) is 0.630. The normalized spacial score (nSPS) is 12.0. The van der Waals surface area contributed by atoms with Crippen molar-refractivity contribution >= 4 is 11.8 Å². The van der Waals surface area contributed by atoms with Crippen LogP contribution in [-0.2, 0) is 9.53 Å². The van der Waals surface area contributed by atoms with Crippen LogP contribution in [0.1, 0.15) is 34.8 Å². The fourth-order valence-electron chi connectivity index (χ4n) is 1.85. The summed E-state index contributed by atoms with van der Waals surface area (Å²) in [5, 5.41) is 3.03. The number of methoxy groups -OCH3 is 1. The summed E-state index contributed by atoms with van der Waals surface area (Å²) in [5.41, 5.74) is 2.83. The Hall–Kier alpha value is -1.68. The van der Waals surface area contributed by atoms with Crippen LogP contribution in [0, 0.1) is 13.8 Å². The van der Waals surface area contributed by atoms with Crippen molar-refractivity contribution in [1.29, 1.82) is 0 Å². The van der Waals surface area contributed by atoms with Crippen LogP contribution in [0.5, 0.6) is 0 Å². The van der Waals surface area contributed by atoms with E-state index in [9.17, 15) is 9.59 Å². The van der Waals surface area contributed by atoms with E-state index in [1.54, 1.807) is 6.07 Å². The van der Waals surface area contributed by atoms with Gasteiger partial charge in [-0.15, -0.1) is 0 Å². The van der Waals surface area contributed by atoms with Crippen molar-refractivity contribution in [3.05, 3.63) is 34.9 Å². The lowest BCUT2D eigenvalue weighted by Gasteiger charge is -2.16. The second-order valence-electron chi connectivity index (χ2n) is 4.55. The van der Waals surface area contributed by atoms with Gasteiger partial charge in [-0.25, -0.2) is 0 Å². The Labute approximate surface area is 114 Å². The number of benzene rings is 1. The topological polar surface area (TPSA) is 55.4 Å². The van der Waals surface area contributed by atoms with Crippen LogP contribution in [0.2, 0.25) is 0 Å². The Balaban J connectivity index is 2.91. The van der Waals surface area contributed by atoms with E-state index in [0.29, 0.717) is 12.1 Å². The zero-order chi connectivity index (χ0) is 14.4. The molecule has 1 aromatic rings. The molecule has 1 rings (SSSR count). The van der Waals surface area contributed by atoms with Gasteiger partial charge in [-0.1, -0.05) is 19.1 Å². The summed E-state index contributed by atoms with van der Waals surface area (Å²) < 4.78 is 4.62. The number of hydrogen-bond donors (Lipinski definition) is 1. The van der Waals surface area contributed by atoms with Gasteiger partial charge < -0.3 is 10.1 Å². The summed E-state index contributed by atoms with van der Waals surface area (Å²) in [7, 11) is 1.33. The van der Waals surface area contributed by atoms with Crippen molar-refractivity contribution in [3.8, 4) is 0 Å². The number of ether oxygens (including phenoxy) is 1. The molecule has 0 spiro atoms. The van der Waals surface area contributed by atoms with E-state index in [-0.39, 0.29) is 18.2 Å². The highest BCUT2D eigenvalue weighted by atomic mass is 16.5. The zero-order valence-corrected chi connectivity index (χ0v) is 11.9. The number of rotatable bonds is 6. The average molecular weight is 263 g/mol. The van der Waals surface area contributed by atoms with E-state index < -0.39 is 6.04 Å². The highest BCUT2D eigenvalue weighted by Crippen LogP contribution is 2.13. The predicted octanol–water partition coefficient (Wildman–Crippen LogP) is 2.03. The van der Waals surface area contributed by atoms with Crippen LogP contribution >= 0.6 is 0 Å². The Morgan fingerprint density at radius 2 is 1.95 bits per heavy atom. The molecule has 1 atom stereocenters. The molecule has 0 aromatic heterocycles. The molecule has 4 nitrogen and oxygen atoms in total. The molecule has 1 unspecified atom stereocenters. The number of carbonyl (C=O) groups excluding carboxylic acids is 2. The molecular weight excluding hydrogens is 242 g/mol. The molecule has 0 saturated carbocycles. The van der Waals surface area contributed by atoms with Gasteiger partial charge in [0.15, 0.2) is 5.78 Å². The fraction of sp³-hybridized carbons (Fsp3) is 0.467. The van der Waals surface area contributed by atoms with Crippen LogP contribution in [0.25, 0.3) is 0 Å². The van der Waals surface area contributed by atoms with Crippen LogP contribution in [-0.4, -0.2) is 31.4 Å². The summed E-state index contributed by atoms with van der Waals surface area (Å²) in [4.78, 5) is 23.7. The first-order chi connectivity index (χ1) is 8.99. The van der Waals surface area contributed by atoms with Crippen molar-refractivity contribution in [1.82, 2.24) is 5.32 Å². The van der Waals surface area contributed by atoms with Gasteiger partial charge in [-0.2, -0.15) is 0 Å². The molecule has 0 heterocycles. The van der Waals surface area contributed by atoms with Crippen LogP contribution in [0.15, 0.2) is 18.2 Å². The number of hydrogen-bond acceptors (Lipinski definition) is 4. The molecular formula is C15H21NO3. The summed E-state index contributed by atoms with van der Waals surface area (Å²) in [5.74, 6) is -0.460. The molecule has 19 heavy (non-hydrogen) atoms. The van der Waals surface area contributed by atoms with Crippen LogP contribution in [0.3, 0.4) is 0 Å². The van der Waals surface area contributed by atoms with Gasteiger partial charge in [0.2, 0.25) is 0 Å². The first kappa shape index (κ1) is 15.4. The maximum absolute atomic E-state index is 12.4. The average Bonchev–Trinajstić information content (AvgIpc) is 2.40. The van der Waals surface area contributed by atoms with Gasteiger partial charge in [0.05, 0.1) is 19.6 Å². The molecule has 1 aromatic carbocycles. The number of likely N-dealkylation sites (N-methyl/N-ethyl adjacent to an activating group) is 1. The van der Waals surface area contributed by atoms with E-state index in [0.717, 1.165) is 11.1 Å². The minimum atomic E-state index is -0.528.